The van der Waals surface area contributed by atoms with Gasteiger partial charge in [-0.05, 0) is 50.6 Å². The van der Waals surface area contributed by atoms with Crippen LogP contribution in [0.25, 0.3) is 27.9 Å². The molecule has 0 amide bonds. The summed E-state index contributed by atoms with van der Waals surface area (Å²) >= 11 is 0. The second-order valence-corrected chi connectivity index (χ2v) is 6.40. The number of para-hydroxylation sites is 1. The third kappa shape index (κ3) is 2.40. The molecule has 2 heterocycles. The number of rotatable bonds is 2. The number of phenolic OH excluding ortho intramolecular Hbond substituents is 1. The van der Waals surface area contributed by atoms with Crippen molar-refractivity contribution < 1.29 is 9.52 Å². The maximum atomic E-state index is 12.0. The minimum atomic E-state index is -0.376. The molecule has 2 aromatic carbocycles. The molecule has 4 rings (SSSR count). The number of aryl methyl sites for hydroxylation is 2. The number of nitrogens with zero attached hydrogens (tertiary/aromatic N) is 2. The Morgan fingerprint density at radius 2 is 1.73 bits per heavy atom. The number of aromatic nitrogens is 2. The van der Waals surface area contributed by atoms with E-state index in [9.17, 15) is 9.90 Å². The van der Waals surface area contributed by atoms with Crippen LogP contribution in [0.15, 0.2) is 57.9 Å². The number of hydrogen-bond acceptors (Lipinski definition) is 4. The van der Waals surface area contributed by atoms with E-state index in [2.05, 4.69) is 5.10 Å². The third-order valence-corrected chi connectivity index (χ3v) is 4.84. The smallest absolute Gasteiger partial charge is 0.339 e. The zero-order chi connectivity index (χ0) is 18.4. The second kappa shape index (κ2) is 5.88. The molecule has 5 heteroatoms. The van der Waals surface area contributed by atoms with Crippen LogP contribution in [-0.2, 0) is 0 Å². The minimum absolute atomic E-state index is 0.0715. The van der Waals surface area contributed by atoms with E-state index >= 15 is 0 Å². The van der Waals surface area contributed by atoms with Gasteiger partial charge in [0, 0.05) is 28.3 Å². The first-order valence-corrected chi connectivity index (χ1v) is 8.35. The van der Waals surface area contributed by atoms with Crippen LogP contribution in [0.2, 0.25) is 0 Å². The van der Waals surface area contributed by atoms with Crippen molar-refractivity contribution in [3.05, 3.63) is 75.8 Å². The number of benzene rings is 2. The summed E-state index contributed by atoms with van der Waals surface area (Å²) in [5, 5.41) is 16.1. The highest BCUT2D eigenvalue weighted by Gasteiger charge is 2.18. The Morgan fingerprint density at radius 1 is 1.00 bits per heavy atom. The number of phenols is 1. The van der Waals surface area contributed by atoms with Gasteiger partial charge in [0.2, 0.25) is 0 Å². The molecule has 0 saturated carbocycles. The van der Waals surface area contributed by atoms with Crippen LogP contribution in [0.3, 0.4) is 0 Å². The van der Waals surface area contributed by atoms with Crippen molar-refractivity contribution in [3.8, 4) is 22.7 Å². The third-order valence-electron chi connectivity index (χ3n) is 4.84. The van der Waals surface area contributed by atoms with Crippen LogP contribution in [0.4, 0.5) is 0 Å². The molecule has 0 aliphatic carbocycles. The van der Waals surface area contributed by atoms with Gasteiger partial charge in [-0.3, -0.25) is 0 Å². The van der Waals surface area contributed by atoms with Gasteiger partial charge < -0.3 is 9.52 Å². The highest BCUT2D eigenvalue weighted by atomic mass is 16.4. The highest BCUT2D eigenvalue weighted by molar-refractivity contribution is 5.91. The quantitative estimate of drug-likeness (QED) is 0.550. The van der Waals surface area contributed by atoms with Crippen molar-refractivity contribution in [3.63, 3.8) is 0 Å². The van der Waals surface area contributed by atoms with Crippen molar-refractivity contribution in [2.75, 3.05) is 0 Å². The van der Waals surface area contributed by atoms with E-state index in [-0.39, 0.29) is 11.4 Å². The van der Waals surface area contributed by atoms with Crippen molar-refractivity contribution in [1.82, 2.24) is 9.78 Å². The Balaban J connectivity index is 1.94. The van der Waals surface area contributed by atoms with Crippen molar-refractivity contribution in [2.45, 2.75) is 20.8 Å². The highest BCUT2D eigenvalue weighted by Crippen LogP contribution is 2.37. The van der Waals surface area contributed by atoms with E-state index in [0.717, 1.165) is 16.6 Å². The van der Waals surface area contributed by atoms with Crippen LogP contribution < -0.4 is 5.63 Å². The lowest BCUT2D eigenvalue weighted by molar-refractivity contribution is 0.469. The molecule has 5 nitrogen and oxygen atoms in total. The van der Waals surface area contributed by atoms with Crippen LogP contribution >= 0.6 is 0 Å². The molecule has 0 aliphatic rings. The van der Waals surface area contributed by atoms with Crippen LogP contribution in [0.5, 0.6) is 5.75 Å². The first kappa shape index (κ1) is 16.1. The Bertz CT molecular complexity index is 1190. The zero-order valence-corrected chi connectivity index (χ0v) is 14.8. The topological polar surface area (TPSA) is 68.3 Å². The molecule has 26 heavy (non-hydrogen) atoms. The molecule has 0 aliphatic heterocycles. The summed E-state index contributed by atoms with van der Waals surface area (Å²) in [5.41, 5.74) is 4.20. The Labute approximate surface area is 150 Å². The van der Waals surface area contributed by atoms with Gasteiger partial charge >= 0.3 is 5.63 Å². The second-order valence-electron chi connectivity index (χ2n) is 6.40. The Morgan fingerprint density at radius 3 is 2.46 bits per heavy atom. The van der Waals surface area contributed by atoms with E-state index in [1.54, 1.807) is 18.5 Å². The first-order valence-electron chi connectivity index (χ1n) is 8.35. The fourth-order valence-electron chi connectivity index (χ4n) is 3.11. The van der Waals surface area contributed by atoms with Crippen molar-refractivity contribution in [2.24, 2.45) is 0 Å². The summed E-state index contributed by atoms with van der Waals surface area (Å²) in [6, 6.07) is 13.5. The average molecular weight is 346 g/mol. The van der Waals surface area contributed by atoms with Gasteiger partial charge in [0.05, 0.1) is 11.4 Å². The van der Waals surface area contributed by atoms with Crippen molar-refractivity contribution in [1.29, 1.82) is 0 Å². The maximum absolute atomic E-state index is 12.0. The summed E-state index contributed by atoms with van der Waals surface area (Å²) in [4.78, 5) is 12.0. The van der Waals surface area contributed by atoms with Crippen LogP contribution in [0, 0.1) is 20.8 Å². The average Bonchev–Trinajstić information content (AvgIpc) is 3.14. The number of aromatic hydroxyl groups is 1. The molecule has 0 atom stereocenters. The molecule has 0 spiro atoms. The van der Waals surface area contributed by atoms with Crippen LogP contribution in [0.1, 0.15) is 16.7 Å². The molecule has 0 unspecified atom stereocenters. The van der Waals surface area contributed by atoms with E-state index in [1.807, 2.05) is 55.6 Å². The molecular formula is C21H18N2O3. The lowest BCUT2D eigenvalue weighted by Crippen LogP contribution is -2.06. The predicted octanol–water partition coefficient (Wildman–Crippen LogP) is 4.28. The molecule has 4 aromatic rings. The van der Waals surface area contributed by atoms with Gasteiger partial charge in [0.25, 0.3) is 0 Å². The number of fused-ring (bicyclic) bond motifs is 1. The molecular weight excluding hydrogens is 328 g/mol. The lowest BCUT2D eigenvalue weighted by Gasteiger charge is -2.11. The standard InChI is InChI=1S/C21H18N2O3/c1-12-13(2)21(25)26-20-14(3)19(24)17(11-16(12)20)18-9-10-23(22-18)15-7-5-4-6-8-15/h4-11,24H,1-3H3. The fourth-order valence-corrected chi connectivity index (χ4v) is 3.11. The molecule has 0 fully saturated rings. The van der Waals surface area contributed by atoms with Gasteiger partial charge in [-0.25, -0.2) is 9.48 Å². The molecule has 130 valence electrons. The predicted molar refractivity (Wildman–Crippen MR) is 101 cm³/mol. The zero-order valence-electron chi connectivity index (χ0n) is 14.8. The molecule has 1 N–H and O–H groups in total. The van der Waals surface area contributed by atoms with Gasteiger partial charge in [-0.1, -0.05) is 18.2 Å². The molecule has 0 bridgehead atoms. The summed E-state index contributed by atoms with van der Waals surface area (Å²) in [7, 11) is 0. The van der Waals surface area contributed by atoms with Crippen molar-refractivity contribution >= 4 is 11.0 Å². The maximum Gasteiger partial charge on any atom is 0.339 e. The van der Waals surface area contributed by atoms with Gasteiger partial charge in [0.15, 0.2) is 0 Å². The van der Waals surface area contributed by atoms with E-state index in [0.29, 0.717) is 28.0 Å². The van der Waals surface area contributed by atoms with Gasteiger partial charge in [-0.15, -0.1) is 0 Å². The molecule has 2 aromatic heterocycles. The normalized spacial score (nSPS) is 11.2. The SMILES string of the molecule is Cc1c(C)c2cc(-c3ccn(-c4ccccc4)n3)c(O)c(C)c2oc1=O. The summed E-state index contributed by atoms with van der Waals surface area (Å²) in [6.07, 6.45) is 1.85. The van der Waals surface area contributed by atoms with E-state index in [1.165, 1.54) is 0 Å². The molecule has 0 saturated heterocycles. The minimum Gasteiger partial charge on any atom is -0.507 e. The summed E-state index contributed by atoms with van der Waals surface area (Å²) in [6.45, 7) is 5.37. The summed E-state index contributed by atoms with van der Waals surface area (Å²) in [5.74, 6) is 0.0715. The first-order chi connectivity index (χ1) is 12.5. The monoisotopic (exact) mass is 346 g/mol. The largest absolute Gasteiger partial charge is 0.507 e. The summed E-state index contributed by atoms with van der Waals surface area (Å²) < 4.78 is 7.17. The fraction of sp³-hybridized carbons (Fsp3) is 0.143. The Hall–Kier alpha value is -3.34. The van der Waals surface area contributed by atoms with E-state index in [4.69, 9.17) is 4.42 Å². The molecule has 0 radical (unpaired) electrons. The van der Waals surface area contributed by atoms with E-state index < -0.39 is 0 Å². The number of hydrogen-bond donors (Lipinski definition) is 1. The lowest BCUT2D eigenvalue weighted by atomic mass is 9.99. The van der Waals surface area contributed by atoms with Gasteiger partial charge in [0.1, 0.15) is 11.3 Å². The Kier molecular flexibility index (Phi) is 3.65. The van der Waals surface area contributed by atoms with Gasteiger partial charge in [-0.2, -0.15) is 5.10 Å². The van der Waals surface area contributed by atoms with Crippen LogP contribution in [-0.4, -0.2) is 14.9 Å².